The zero-order valence-electron chi connectivity index (χ0n) is 11.3. The van der Waals surface area contributed by atoms with Crippen molar-refractivity contribution in [3.8, 4) is 17.2 Å². The Morgan fingerprint density at radius 2 is 2.10 bits per heavy atom. The van der Waals surface area contributed by atoms with Crippen LogP contribution in [0, 0.1) is 0 Å². The highest BCUT2D eigenvalue weighted by molar-refractivity contribution is 5.54. The molecular formula is C16H16N2O2. The minimum atomic E-state index is 0.206. The summed E-state index contributed by atoms with van der Waals surface area (Å²) < 4.78 is 5.23. The van der Waals surface area contributed by atoms with Gasteiger partial charge in [0.1, 0.15) is 5.75 Å². The highest BCUT2D eigenvalue weighted by atomic mass is 16.5. The molecule has 0 spiro atoms. The Kier molecular flexibility index (Phi) is 4.50. The Balaban J connectivity index is 2.18. The Morgan fingerprint density at radius 3 is 2.75 bits per heavy atom. The molecule has 1 aromatic heterocycles. The lowest BCUT2D eigenvalue weighted by molar-refractivity contribution is 0.423. The second kappa shape index (κ2) is 6.52. The molecule has 0 aliphatic carbocycles. The Hall–Kier alpha value is -2.62. The van der Waals surface area contributed by atoms with Crippen molar-refractivity contribution in [1.29, 1.82) is 0 Å². The van der Waals surface area contributed by atoms with Gasteiger partial charge in [0.15, 0.2) is 5.82 Å². The van der Waals surface area contributed by atoms with E-state index in [-0.39, 0.29) is 5.75 Å². The summed E-state index contributed by atoms with van der Waals surface area (Å²) in [6.45, 7) is 5.64. The van der Waals surface area contributed by atoms with Crippen LogP contribution in [0.5, 0.6) is 5.75 Å². The summed E-state index contributed by atoms with van der Waals surface area (Å²) in [6.07, 6.45) is 8.17. The van der Waals surface area contributed by atoms with E-state index < -0.39 is 0 Å². The van der Waals surface area contributed by atoms with Crippen LogP contribution in [0.1, 0.15) is 12.7 Å². The van der Waals surface area contributed by atoms with Crippen molar-refractivity contribution in [2.24, 2.45) is 0 Å². The van der Waals surface area contributed by atoms with E-state index in [2.05, 4.69) is 16.7 Å². The highest BCUT2D eigenvalue weighted by Gasteiger charge is 2.09. The van der Waals surface area contributed by atoms with E-state index >= 15 is 0 Å². The monoisotopic (exact) mass is 268 g/mol. The van der Waals surface area contributed by atoms with Gasteiger partial charge in [0, 0.05) is 12.0 Å². The third kappa shape index (κ3) is 3.45. The molecule has 0 unspecified atom stereocenters. The fourth-order valence-electron chi connectivity index (χ4n) is 1.77. The second-order valence-corrected chi connectivity index (χ2v) is 4.22. The number of phenols is 1. The van der Waals surface area contributed by atoms with Crippen LogP contribution < -0.4 is 0 Å². The van der Waals surface area contributed by atoms with Crippen LogP contribution in [-0.2, 0) is 6.42 Å². The maximum atomic E-state index is 9.25. The summed E-state index contributed by atoms with van der Waals surface area (Å²) in [5.41, 5.74) is 1.84. The molecule has 0 aliphatic heterocycles. The average molecular weight is 268 g/mol. The lowest BCUT2D eigenvalue weighted by Gasteiger charge is -1.95. The quantitative estimate of drug-likeness (QED) is 0.840. The van der Waals surface area contributed by atoms with Gasteiger partial charge in [-0.2, -0.15) is 4.98 Å². The van der Waals surface area contributed by atoms with Gasteiger partial charge in [-0.3, -0.25) is 0 Å². The zero-order valence-corrected chi connectivity index (χ0v) is 11.3. The Bertz CT molecular complexity index is 637. The van der Waals surface area contributed by atoms with Crippen molar-refractivity contribution in [3.63, 3.8) is 0 Å². The van der Waals surface area contributed by atoms with E-state index in [0.717, 1.165) is 11.1 Å². The lowest BCUT2D eigenvalue weighted by atomic mass is 10.1. The van der Waals surface area contributed by atoms with Gasteiger partial charge >= 0.3 is 0 Å². The molecule has 0 amide bonds. The minimum Gasteiger partial charge on any atom is -0.508 e. The van der Waals surface area contributed by atoms with Gasteiger partial charge < -0.3 is 9.63 Å². The molecule has 0 radical (unpaired) electrons. The second-order valence-electron chi connectivity index (χ2n) is 4.22. The van der Waals surface area contributed by atoms with Gasteiger partial charge in [0.25, 0.3) is 5.89 Å². The van der Waals surface area contributed by atoms with Crippen molar-refractivity contribution in [1.82, 2.24) is 10.1 Å². The van der Waals surface area contributed by atoms with Gasteiger partial charge in [0.2, 0.25) is 0 Å². The molecular weight excluding hydrogens is 252 g/mol. The van der Waals surface area contributed by atoms with Gasteiger partial charge in [0.05, 0.1) is 0 Å². The molecule has 0 atom stereocenters. The first-order valence-electron chi connectivity index (χ1n) is 6.29. The largest absolute Gasteiger partial charge is 0.508 e. The van der Waals surface area contributed by atoms with Crippen LogP contribution in [-0.4, -0.2) is 15.2 Å². The predicted octanol–water partition coefficient (Wildman–Crippen LogP) is 3.67. The number of nitrogens with zero attached hydrogens (tertiary/aromatic N) is 2. The molecule has 2 aromatic rings. The van der Waals surface area contributed by atoms with Gasteiger partial charge in [-0.1, -0.05) is 36.0 Å². The number of aromatic nitrogens is 2. The third-order valence-electron chi connectivity index (χ3n) is 2.66. The van der Waals surface area contributed by atoms with E-state index in [1.54, 1.807) is 30.3 Å². The zero-order chi connectivity index (χ0) is 14.4. The molecule has 4 nitrogen and oxygen atoms in total. The molecule has 4 heteroatoms. The summed E-state index contributed by atoms with van der Waals surface area (Å²) >= 11 is 0. The van der Waals surface area contributed by atoms with Crippen LogP contribution >= 0.6 is 0 Å². The maximum absolute atomic E-state index is 9.25. The van der Waals surface area contributed by atoms with E-state index in [1.807, 2.05) is 25.2 Å². The molecule has 1 N–H and O–H groups in total. The van der Waals surface area contributed by atoms with Crippen LogP contribution in [0.2, 0.25) is 0 Å². The van der Waals surface area contributed by atoms with Gasteiger partial charge in [-0.05, 0) is 36.8 Å². The van der Waals surface area contributed by atoms with Crippen LogP contribution in [0.4, 0.5) is 0 Å². The number of hydrogen-bond donors (Lipinski definition) is 1. The SMILES string of the molecule is C=C/C=C(\C=C/C)Cc1noc(-c2ccc(O)cc2)n1. The molecule has 1 heterocycles. The van der Waals surface area contributed by atoms with Crippen LogP contribution in [0.25, 0.3) is 11.5 Å². The number of aromatic hydroxyl groups is 1. The van der Waals surface area contributed by atoms with Crippen molar-refractivity contribution >= 4 is 0 Å². The van der Waals surface area contributed by atoms with Crippen LogP contribution in [0.3, 0.4) is 0 Å². The van der Waals surface area contributed by atoms with Gasteiger partial charge in [-0.15, -0.1) is 0 Å². The number of hydrogen-bond acceptors (Lipinski definition) is 4. The van der Waals surface area contributed by atoms with E-state index in [0.29, 0.717) is 18.1 Å². The van der Waals surface area contributed by atoms with Crippen LogP contribution in [0.15, 0.2) is 65.2 Å². The molecule has 20 heavy (non-hydrogen) atoms. The molecule has 0 fully saturated rings. The average Bonchev–Trinajstić information content (AvgIpc) is 2.89. The number of benzene rings is 1. The van der Waals surface area contributed by atoms with Crippen molar-refractivity contribution in [3.05, 3.63) is 66.5 Å². The topological polar surface area (TPSA) is 59.2 Å². The van der Waals surface area contributed by atoms with E-state index in [1.165, 1.54) is 0 Å². The molecule has 1 aromatic carbocycles. The fraction of sp³-hybridized carbons (Fsp3) is 0.125. The first kappa shape index (κ1) is 13.8. The first-order valence-corrected chi connectivity index (χ1v) is 6.29. The highest BCUT2D eigenvalue weighted by Crippen LogP contribution is 2.20. The fourth-order valence-corrected chi connectivity index (χ4v) is 1.77. The van der Waals surface area contributed by atoms with Crippen molar-refractivity contribution in [2.75, 3.05) is 0 Å². The summed E-state index contributed by atoms with van der Waals surface area (Å²) in [6, 6.07) is 6.64. The maximum Gasteiger partial charge on any atom is 0.257 e. The summed E-state index contributed by atoms with van der Waals surface area (Å²) in [7, 11) is 0. The molecule has 0 saturated heterocycles. The third-order valence-corrected chi connectivity index (χ3v) is 2.66. The molecule has 0 aliphatic rings. The van der Waals surface area contributed by atoms with Gasteiger partial charge in [-0.25, -0.2) is 0 Å². The smallest absolute Gasteiger partial charge is 0.257 e. The molecule has 0 bridgehead atoms. The first-order chi connectivity index (χ1) is 9.72. The molecule has 102 valence electrons. The lowest BCUT2D eigenvalue weighted by Crippen LogP contribution is -1.90. The number of allylic oxidation sites excluding steroid dienone is 5. The number of phenolic OH excluding ortho intramolecular Hbond substituents is 1. The number of rotatable bonds is 5. The summed E-state index contributed by atoms with van der Waals surface area (Å²) in [4.78, 5) is 4.35. The minimum absolute atomic E-state index is 0.206. The molecule has 0 saturated carbocycles. The van der Waals surface area contributed by atoms with Crippen molar-refractivity contribution < 1.29 is 9.63 Å². The summed E-state index contributed by atoms with van der Waals surface area (Å²) in [5, 5.41) is 13.2. The summed E-state index contributed by atoms with van der Waals surface area (Å²) in [5.74, 6) is 1.26. The standard InChI is InChI=1S/C16H16N2O2/c1-3-5-12(6-4-2)11-15-17-16(20-18-15)13-7-9-14(19)10-8-13/h3-10,19H,1,11H2,2H3/b6-4-,12-5+. The Labute approximate surface area is 117 Å². The van der Waals surface area contributed by atoms with Crippen molar-refractivity contribution in [2.45, 2.75) is 13.3 Å². The molecule has 2 rings (SSSR count). The van der Waals surface area contributed by atoms with E-state index in [9.17, 15) is 5.11 Å². The van der Waals surface area contributed by atoms with E-state index in [4.69, 9.17) is 4.52 Å². The predicted molar refractivity (Wildman–Crippen MR) is 78.2 cm³/mol. The normalized spacial score (nSPS) is 11.9. The Morgan fingerprint density at radius 1 is 1.35 bits per heavy atom.